The number of rotatable bonds is 9. The van der Waals surface area contributed by atoms with Crippen LogP contribution in [0.2, 0.25) is 0 Å². The fourth-order valence-corrected chi connectivity index (χ4v) is 1.69. The van der Waals surface area contributed by atoms with E-state index < -0.39 is 10.1 Å². The fourth-order valence-electron chi connectivity index (χ4n) is 1.69. The Hall–Kier alpha value is -0.170. The summed E-state index contributed by atoms with van der Waals surface area (Å²) in [6, 6.07) is 0. The molecule has 0 aromatic carbocycles. The maximum absolute atomic E-state index is 9.08. The maximum Gasteiger partial charge on any atom is 0.108 e. The van der Waals surface area contributed by atoms with Crippen LogP contribution in [0, 0.1) is 0 Å². The molecule has 0 aliphatic carbocycles. The smallest absolute Gasteiger partial charge is 0.108 e. The van der Waals surface area contributed by atoms with Crippen molar-refractivity contribution in [3.63, 3.8) is 0 Å². The van der Waals surface area contributed by atoms with Gasteiger partial charge in [-0.3, -0.25) is 0 Å². The van der Waals surface area contributed by atoms with Crippen molar-refractivity contribution in [3.05, 3.63) is 0 Å². The number of quaternary nitrogens is 1. The van der Waals surface area contributed by atoms with Gasteiger partial charge in [0.2, 0.25) is 0 Å². The van der Waals surface area contributed by atoms with Gasteiger partial charge >= 0.3 is 0 Å². The van der Waals surface area contributed by atoms with Crippen LogP contribution in [0.15, 0.2) is 0 Å². The summed E-state index contributed by atoms with van der Waals surface area (Å²) in [6.45, 7) is 6.26. The highest BCUT2D eigenvalue weighted by molar-refractivity contribution is 7.84. The first-order chi connectivity index (χ1) is 8.62. The molecule has 0 rings (SSSR count). The molecule has 118 valence electrons. The summed E-state index contributed by atoms with van der Waals surface area (Å²) in [5.74, 6) is 0. The Morgan fingerprint density at radius 3 is 1.84 bits per heavy atom. The summed E-state index contributed by atoms with van der Waals surface area (Å²) in [6.07, 6.45) is 8.77. The Morgan fingerprint density at radius 2 is 1.42 bits per heavy atom. The van der Waals surface area contributed by atoms with Crippen LogP contribution in [0.5, 0.6) is 0 Å². The molecule has 0 bridgehead atoms. The fraction of sp³-hybridized carbons (Fsp3) is 1.00. The van der Waals surface area contributed by atoms with Gasteiger partial charge in [-0.15, -0.1) is 0 Å². The topological polar surface area (TPSA) is 66.4 Å². The van der Waals surface area contributed by atoms with E-state index in [0.717, 1.165) is 13.2 Å². The van der Waals surface area contributed by atoms with E-state index in [0.29, 0.717) is 10.9 Å². The average molecular weight is 297 g/mol. The highest BCUT2D eigenvalue weighted by atomic mass is 32.2. The second-order valence-electron chi connectivity index (χ2n) is 5.19. The third-order valence-electron chi connectivity index (χ3n) is 2.53. The van der Waals surface area contributed by atoms with E-state index in [1.807, 2.05) is 0 Å². The quantitative estimate of drug-likeness (QED) is 0.284. The predicted octanol–water partition coefficient (Wildman–Crippen LogP) is 2.54. The van der Waals surface area contributed by atoms with Crippen LogP contribution in [0.1, 0.15) is 52.4 Å². The van der Waals surface area contributed by atoms with Crippen LogP contribution in [-0.4, -0.2) is 51.1 Å². The van der Waals surface area contributed by atoms with Crippen LogP contribution in [0.4, 0.5) is 0 Å². The molecule has 6 heteroatoms. The summed E-state index contributed by atoms with van der Waals surface area (Å²) in [5, 5.41) is 0. The lowest BCUT2D eigenvalue weighted by Gasteiger charge is -2.26. The summed E-state index contributed by atoms with van der Waals surface area (Å²) < 4.78 is 27.9. The van der Waals surface area contributed by atoms with Gasteiger partial charge in [0.05, 0.1) is 24.2 Å². The highest BCUT2D eigenvalue weighted by Gasteiger charge is 2.14. The minimum absolute atomic E-state index is 0.604. The number of nitrogens with zero attached hydrogens (tertiary/aromatic N) is 1. The first-order valence-electron chi connectivity index (χ1n) is 7.00. The molecule has 0 fully saturated rings. The number of unbranched alkanes of at least 4 members (excludes halogenated alkanes) is 5. The second-order valence-corrected chi connectivity index (χ2v) is 6.60. The standard InChI is InChI=1S/C12H28NO.CH4O3S/c1-5-7-8-9-10-11-12-13(3,4)14-6-2;1-5(2,3)4/h5-12H2,1-4H3;1H3,(H,2,3,4)/q+1;/p-1. The van der Waals surface area contributed by atoms with E-state index in [4.69, 9.17) is 17.8 Å². The molecule has 0 aliphatic heterocycles. The summed E-state index contributed by atoms with van der Waals surface area (Å²) in [5.41, 5.74) is 0. The predicted molar refractivity (Wildman–Crippen MR) is 77.6 cm³/mol. The Bertz CT molecular complexity index is 281. The number of hydrogen-bond donors (Lipinski definition) is 0. The van der Waals surface area contributed by atoms with Gasteiger partial charge in [0, 0.05) is 6.26 Å². The minimum atomic E-state index is -3.92. The molecular weight excluding hydrogens is 266 g/mol. The van der Waals surface area contributed by atoms with Crippen LogP contribution < -0.4 is 0 Å². The Morgan fingerprint density at radius 1 is 1.00 bits per heavy atom. The SMILES string of the molecule is CCCCCCCC[N+](C)(C)OCC.CS(=O)(=O)[O-]. The van der Waals surface area contributed by atoms with E-state index in [9.17, 15) is 0 Å². The molecule has 0 saturated carbocycles. The van der Waals surface area contributed by atoms with Crippen LogP contribution in [0.3, 0.4) is 0 Å². The van der Waals surface area contributed by atoms with E-state index in [-0.39, 0.29) is 0 Å². The molecule has 0 spiro atoms. The van der Waals surface area contributed by atoms with Gasteiger partial charge in [-0.1, -0.05) is 32.6 Å². The highest BCUT2D eigenvalue weighted by Crippen LogP contribution is 2.08. The van der Waals surface area contributed by atoms with Crippen LogP contribution >= 0.6 is 0 Å². The molecule has 0 aromatic heterocycles. The van der Waals surface area contributed by atoms with Gasteiger partial charge in [0.25, 0.3) is 0 Å². The van der Waals surface area contributed by atoms with Crippen LogP contribution in [-0.2, 0) is 15.0 Å². The molecule has 19 heavy (non-hydrogen) atoms. The van der Waals surface area contributed by atoms with Gasteiger partial charge in [-0.25, -0.2) is 13.3 Å². The van der Waals surface area contributed by atoms with Gasteiger partial charge in [-0.05, 0) is 19.8 Å². The molecule has 0 atom stereocenters. The second kappa shape index (κ2) is 11.6. The summed E-state index contributed by atoms with van der Waals surface area (Å²) in [7, 11) is 0.352. The normalized spacial score (nSPS) is 11.9. The monoisotopic (exact) mass is 297 g/mol. The van der Waals surface area contributed by atoms with Crippen molar-refractivity contribution in [2.24, 2.45) is 0 Å². The molecule has 0 radical (unpaired) electrons. The van der Waals surface area contributed by atoms with Crippen molar-refractivity contribution in [2.45, 2.75) is 52.4 Å². The molecule has 5 nitrogen and oxygen atoms in total. The Balaban J connectivity index is 0. The third-order valence-corrected chi connectivity index (χ3v) is 2.53. The first-order valence-corrected chi connectivity index (χ1v) is 8.82. The molecule has 0 aromatic rings. The first kappa shape index (κ1) is 21.1. The molecule has 0 amide bonds. The van der Waals surface area contributed by atoms with Crippen molar-refractivity contribution < 1.29 is 22.5 Å². The van der Waals surface area contributed by atoms with Gasteiger partial charge in [-0.2, -0.15) is 4.65 Å². The van der Waals surface area contributed by atoms with E-state index in [2.05, 4.69) is 27.9 Å². The summed E-state index contributed by atoms with van der Waals surface area (Å²) in [4.78, 5) is 5.59. The molecule has 0 saturated heterocycles. The lowest BCUT2D eigenvalue weighted by atomic mass is 10.1. The average Bonchev–Trinajstić information content (AvgIpc) is 2.20. The van der Waals surface area contributed by atoms with Crippen LogP contribution in [0.25, 0.3) is 0 Å². The Kier molecular flexibility index (Phi) is 12.9. The largest absolute Gasteiger partial charge is 0.748 e. The lowest BCUT2D eigenvalue weighted by molar-refractivity contribution is -1.08. The zero-order valence-electron chi connectivity index (χ0n) is 13.1. The third kappa shape index (κ3) is 27.1. The number of hydroxylamine groups is 3. The van der Waals surface area contributed by atoms with E-state index in [1.165, 1.54) is 38.5 Å². The van der Waals surface area contributed by atoms with Crippen molar-refractivity contribution in [2.75, 3.05) is 33.5 Å². The molecule has 0 unspecified atom stereocenters. The van der Waals surface area contributed by atoms with Crippen molar-refractivity contribution in [1.82, 2.24) is 0 Å². The summed E-state index contributed by atoms with van der Waals surface area (Å²) >= 11 is 0. The zero-order valence-corrected chi connectivity index (χ0v) is 14.0. The number of hydrogen-bond acceptors (Lipinski definition) is 4. The minimum Gasteiger partial charge on any atom is -0.748 e. The van der Waals surface area contributed by atoms with Gasteiger partial charge in [0.15, 0.2) is 0 Å². The van der Waals surface area contributed by atoms with Crippen molar-refractivity contribution >= 4 is 10.1 Å². The van der Waals surface area contributed by atoms with Gasteiger partial charge in [0.1, 0.15) is 13.2 Å². The van der Waals surface area contributed by atoms with Crippen molar-refractivity contribution in [1.29, 1.82) is 0 Å². The Labute approximate surface area is 119 Å². The molecular formula is C13H31NO4S. The maximum atomic E-state index is 9.08. The van der Waals surface area contributed by atoms with Gasteiger partial charge < -0.3 is 4.55 Å². The van der Waals surface area contributed by atoms with E-state index in [1.54, 1.807) is 0 Å². The van der Waals surface area contributed by atoms with Crippen molar-refractivity contribution in [3.8, 4) is 0 Å². The molecule has 0 aliphatic rings. The lowest BCUT2D eigenvalue weighted by Crippen LogP contribution is -2.40. The molecule has 0 N–H and O–H groups in total. The van der Waals surface area contributed by atoms with E-state index >= 15 is 0 Å². The molecule has 0 heterocycles. The zero-order chi connectivity index (χ0) is 15.4.